The van der Waals surface area contributed by atoms with E-state index < -0.39 is 0 Å². The number of aryl methyl sites for hydroxylation is 1. The van der Waals surface area contributed by atoms with E-state index in [4.69, 9.17) is 0 Å². The normalized spacial score (nSPS) is 10.5. The second-order valence-electron chi connectivity index (χ2n) is 5.09. The fourth-order valence-electron chi connectivity index (χ4n) is 2.33. The number of hydrogen-bond donors (Lipinski definition) is 0. The van der Waals surface area contributed by atoms with Crippen molar-refractivity contribution in [3.8, 4) is 5.69 Å². The molecule has 3 nitrogen and oxygen atoms in total. The van der Waals surface area contributed by atoms with Crippen LogP contribution in [-0.4, -0.2) is 16.1 Å². The number of aldehydes is 1. The monoisotopic (exact) mass is 276 g/mol. The second-order valence-corrected chi connectivity index (χ2v) is 5.09. The van der Waals surface area contributed by atoms with Crippen LogP contribution in [0.15, 0.2) is 60.7 Å². The van der Waals surface area contributed by atoms with Gasteiger partial charge in [0.15, 0.2) is 6.29 Å². The molecule has 0 aliphatic carbocycles. The van der Waals surface area contributed by atoms with E-state index >= 15 is 0 Å². The molecule has 0 saturated heterocycles. The van der Waals surface area contributed by atoms with Gasteiger partial charge in [-0.1, -0.05) is 48.0 Å². The first kappa shape index (κ1) is 13.3. The van der Waals surface area contributed by atoms with Crippen molar-refractivity contribution in [1.82, 2.24) is 9.78 Å². The van der Waals surface area contributed by atoms with Gasteiger partial charge < -0.3 is 0 Å². The summed E-state index contributed by atoms with van der Waals surface area (Å²) < 4.78 is 1.84. The molecule has 0 spiro atoms. The van der Waals surface area contributed by atoms with Crippen molar-refractivity contribution in [1.29, 1.82) is 0 Å². The molecule has 0 bridgehead atoms. The highest BCUT2D eigenvalue weighted by Crippen LogP contribution is 2.16. The van der Waals surface area contributed by atoms with Gasteiger partial charge in [-0.25, -0.2) is 4.68 Å². The van der Waals surface area contributed by atoms with Gasteiger partial charge in [0, 0.05) is 12.1 Å². The zero-order chi connectivity index (χ0) is 14.7. The zero-order valence-electron chi connectivity index (χ0n) is 11.9. The molecule has 0 aliphatic rings. The van der Waals surface area contributed by atoms with Crippen molar-refractivity contribution < 1.29 is 4.79 Å². The number of rotatable bonds is 4. The van der Waals surface area contributed by atoms with Crippen LogP contribution in [0.25, 0.3) is 5.69 Å². The molecule has 3 rings (SSSR count). The van der Waals surface area contributed by atoms with Gasteiger partial charge in [-0.05, 0) is 30.7 Å². The van der Waals surface area contributed by atoms with Gasteiger partial charge in [0.2, 0.25) is 0 Å². The first-order valence-corrected chi connectivity index (χ1v) is 6.91. The Balaban J connectivity index is 1.99. The van der Waals surface area contributed by atoms with E-state index in [1.54, 1.807) is 0 Å². The Morgan fingerprint density at radius 3 is 2.43 bits per heavy atom. The maximum atomic E-state index is 11.0. The third-order valence-corrected chi connectivity index (χ3v) is 3.43. The molecule has 0 atom stereocenters. The first-order valence-electron chi connectivity index (χ1n) is 6.91. The van der Waals surface area contributed by atoms with Crippen LogP contribution >= 0.6 is 0 Å². The van der Waals surface area contributed by atoms with E-state index in [9.17, 15) is 4.79 Å². The summed E-state index contributed by atoms with van der Waals surface area (Å²) >= 11 is 0. The van der Waals surface area contributed by atoms with Gasteiger partial charge in [0.1, 0.15) is 5.69 Å². The van der Waals surface area contributed by atoms with E-state index in [0.717, 1.165) is 24.1 Å². The highest BCUT2D eigenvalue weighted by molar-refractivity contribution is 5.72. The SMILES string of the molecule is Cc1ccc(Cc2cc(C=O)nn2-c2ccccc2)cc1. The maximum absolute atomic E-state index is 11.0. The van der Waals surface area contributed by atoms with Crippen LogP contribution in [0, 0.1) is 6.92 Å². The Bertz CT molecular complexity index is 743. The van der Waals surface area contributed by atoms with Crippen LogP contribution in [-0.2, 0) is 6.42 Å². The summed E-state index contributed by atoms with van der Waals surface area (Å²) in [5, 5.41) is 4.36. The van der Waals surface area contributed by atoms with Crippen LogP contribution in [0.2, 0.25) is 0 Å². The van der Waals surface area contributed by atoms with Crippen molar-refractivity contribution in [3.05, 3.63) is 83.2 Å². The Morgan fingerprint density at radius 2 is 1.76 bits per heavy atom. The van der Waals surface area contributed by atoms with Gasteiger partial charge in [-0.3, -0.25) is 4.79 Å². The molecule has 0 N–H and O–H groups in total. The molecule has 1 aromatic heterocycles. The molecule has 2 aromatic carbocycles. The largest absolute Gasteiger partial charge is 0.296 e. The summed E-state index contributed by atoms with van der Waals surface area (Å²) in [6.45, 7) is 2.07. The number of benzene rings is 2. The lowest BCUT2D eigenvalue weighted by atomic mass is 10.1. The Hall–Kier alpha value is -2.68. The molecule has 0 amide bonds. The minimum absolute atomic E-state index is 0.459. The quantitative estimate of drug-likeness (QED) is 0.683. The van der Waals surface area contributed by atoms with Crippen molar-refractivity contribution in [2.45, 2.75) is 13.3 Å². The number of hydrogen-bond acceptors (Lipinski definition) is 2. The van der Waals surface area contributed by atoms with Crippen LogP contribution in [0.4, 0.5) is 0 Å². The van der Waals surface area contributed by atoms with Crippen molar-refractivity contribution in [3.63, 3.8) is 0 Å². The molecule has 3 aromatic rings. The Kier molecular flexibility index (Phi) is 3.65. The number of para-hydroxylation sites is 1. The fraction of sp³-hybridized carbons (Fsp3) is 0.111. The molecular weight excluding hydrogens is 260 g/mol. The van der Waals surface area contributed by atoms with Gasteiger partial charge in [-0.15, -0.1) is 0 Å². The van der Waals surface area contributed by atoms with Gasteiger partial charge in [0.25, 0.3) is 0 Å². The second kappa shape index (κ2) is 5.75. The minimum atomic E-state index is 0.459. The van der Waals surface area contributed by atoms with Crippen LogP contribution < -0.4 is 0 Å². The average molecular weight is 276 g/mol. The smallest absolute Gasteiger partial charge is 0.170 e. The number of carbonyl (C=O) groups is 1. The van der Waals surface area contributed by atoms with Gasteiger partial charge >= 0.3 is 0 Å². The fourth-order valence-corrected chi connectivity index (χ4v) is 2.33. The van der Waals surface area contributed by atoms with Crippen LogP contribution in [0.1, 0.15) is 27.3 Å². The summed E-state index contributed by atoms with van der Waals surface area (Å²) in [5.74, 6) is 0. The number of nitrogens with zero attached hydrogens (tertiary/aromatic N) is 2. The highest BCUT2D eigenvalue weighted by atomic mass is 16.1. The summed E-state index contributed by atoms with van der Waals surface area (Å²) in [7, 11) is 0. The maximum Gasteiger partial charge on any atom is 0.170 e. The van der Waals surface area contributed by atoms with E-state index in [2.05, 4.69) is 36.3 Å². The Morgan fingerprint density at radius 1 is 1.05 bits per heavy atom. The molecular formula is C18H16N2O. The lowest BCUT2D eigenvalue weighted by Crippen LogP contribution is -2.03. The summed E-state index contributed by atoms with van der Waals surface area (Å²) in [4.78, 5) is 11.0. The van der Waals surface area contributed by atoms with Crippen LogP contribution in [0.5, 0.6) is 0 Å². The van der Waals surface area contributed by atoms with Crippen LogP contribution in [0.3, 0.4) is 0 Å². The predicted molar refractivity (Wildman–Crippen MR) is 82.9 cm³/mol. The zero-order valence-corrected chi connectivity index (χ0v) is 11.9. The van der Waals surface area contributed by atoms with E-state index in [-0.39, 0.29) is 0 Å². The molecule has 0 aliphatic heterocycles. The summed E-state index contributed by atoms with van der Waals surface area (Å²) in [6, 6.07) is 20.1. The van der Waals surface area contributed by atoms with Gasteiger partial charge in [0.05, 0.1) is 5.69 Å². The van der Waals surface area contributed by atoms with Crippen molar-refractivity contribution in [2.75, 3.05) is 0 Å². The molecule has 21 heavy (non-hydrogen) atoms. The summed E-state index contributed by atoms with van der Waals surface area (Å²) in [6.07, 6.45) is 1.54. The van der Waals surface area contributed by atoms with E-state index in [1.807, 2.05) is 41.1 Å². The molecule has 3 heteroatoms. The minimum Gasteiger partial charge on any atom is -0.296 e. The lowest BCUT2D eigenvalue weighted by molar-refractivity contribution is 0.111. The molecule has 104 valence electrons. The molecule has 1 heterocycles. The summed E-state index contributed by atoms with van der Waals surface area (Å²) in [5.41, 5.74) is 4.87. The molecule has 0 fully saturated rings. The number of carbonyl (C=O) groups excluding carboxylic acids is 1. The van der Waals surface area contributed by atoms with E-state index in [0.29, 0.717) is 5.69 Å². The third kappa shape index (κ3) is 2.92. The predicted octanol–water partition coefficient (Wildman–Crippen LogP) is 3.58. The topological polar surface area (TPSA) is 34.9 Å². The van der Waals surface area contributed by atoms with E-state index in [1.165, 1.54) is 11.1 Å². The third-order valence-electron chi connectivity index (χ3n) is 3.43. The average Bonchev–Trinajstić information content (AvgIpc) is 2.93. The molecule has 0 saturated carbocycles. The Labute approximate surface area is 123 Å². The molecule has 0 radical (unpaired) electrons. The first-order chi connectivity index (χ1) is 10.3. The standard InChI is InChI=1S/C18H16N2O/c1-14-7-9-15(10-8-14)11-18-12-16(13-21)19-20(18)17-5-3-2-4-6-17/h2-10,12-13H,11H2,1H3. The number of aromatic nitrogens is 2. The van der Waals surface area contributed by atoms with Crippen molar-refractivity contribution >= 4 is 6.29 Å². The van der Waals surface area contributed by atoms with Crippen molar-refractivity contribution in [2.24, 2.45) is 0 Å². The van der Waals surface area contributed by atoms with Gasteiger partial charge in [-0.2, -0.15) is 5.10 Å². The lowest BCUT2D eigenvalue weighted by Gasteiger charge is -2.07. The molecule has 0 unspecified atom stereocenters. The highest BCUT2D eigenvalue weighted by Gasteiger charge is 2.09.